The summed E-state index contributed by atoms with van der Waals surface area (Å²) in [5.74, 6) is -0.0960. The van der Waals surface area contributed by atoms with Gasteiger partial charge >= 0.3 is 0 Å². The van der Waals surface area contributed by atoms with Gasteiger partial charge in [0.2, 0.25) is 9.84 Å². The average Bonchev–Trinajstić information content (AvgIpc) is 2.18. The average molecular weight is 226 g/mol. The summed E-state index contributed by atoms with van der Waals surface area (Å²) in [5.41, 5.74) is 0. The lowest BCUT2D eigenvalue weighted by Gasteiger charge is -2.00. The van der Waals surface area contributed by atoms with Gasteiger partial charge in [-0.1, -0.05) is 25.1 Å². The minimum Gasteiger partial charge on any atom is -0.512 e. The molecule has 0 atom stereocenters. The highest BCUT2D eigenvalue weighted by Gasteiger charge is 2.11. The zero-order valence-electron chi connectivity index (χ0n) is 8.55. The van der Waals surface area contributed by atoms with Gasteiger partial charge in [-0.25, -0.2) is 8.42 Å². The van der Waals surface area contributed by atoms with Gasteiger partial charge in [0, 0.05) is 6.42 Å². The lowest BCUT2D eigenvalue weighted by molar-refractivity contribution is 0.388. The Morgan fingerprint density at radius 3 is 2.47 bits per heavy atom. The fourth-order valence-electron chi connectivity index (χ4n) is 1.17. The Morgan fingerprint density at radius 2 is 1.93 bits per heavy atom. The van der Waals surface area contributed by atoms with Gasteiger partial charge < -0.3 is 5.11 Å². The van der Waals surface area contributed by atoms with E-state index in [4.69, 9.17) is 0 Å². The van der Waals surface area contributed by atoms with Crippen LogP contribution in [0.15, 0.2) is 46.4 Å². The van der Waals surface area contributed by atoms with Crippen molar-refractivity contribution < 1.29 is 13.5 Å². The van der Waals surface area contributed by atoms with Crippen LogP contribution in [0, 0.1) is 0 Å². The normalized spacial score (nSPS) is 12.7. The van der Waals surface area contributed by atoms with Crippen molar-refractivity contribution in [1.82, 2.24) is 0 Å². The summed E-state index contributed by atoms with van der Waals surface area (Å²) in [4.78, 5) is 0.202. The Bertz CT molecular complexity index is 432. The Labute approximate surface area is 90.0 Å². The molecule has 0 radical (unpaired) electrons. The van der Waals surface area contributed by atoms with E-state index in [1.54, 1.807) is 18.2 Å². The van der Waals surface area contributed by atoms with E-state index in [9.17, 15) is 13.5 Å². The molecule has 1 aromatic carbocycles. The Hall–Kier alpha value is -1.29. The zero-order valence-corrected chi connectivity index (χ0v) is 9.37. The highest BCUT2D eigenvalue weighted by atomic mass is 32.2. The molecular formula is C11H14O3S. The molecule has 0 saturated heterocycles. The second-order valence-electron chi connectivity index (χ2n) is 3.22. The van der Waals surface area contributed by atoms with Gasteiger partial charge in [-0.05, 0) is 18.6 Å². The summed E-state index contributed by atoms with van der Waals surface area (Å²) < 4.78 is 23.4. The van der Waals surface area contributed by atoms with Gasteiger partial charge in [0.05, 0.1) is 10.3 Å². The molecule has 4 heteroatoms. The fourth-order valence-corrected chi connectivity index (χ4v) is 2.32. The van der Waals surface area contributed by atoms with Gasteiger partial charge in [-0.3, -0.25) is 0 Å². The van der Waals surface area contributed by atoms with E-state index in [1.807, 2.05) is 6.92 Å². The third-order valence-electron chi connectivity index (χ3n) is 1.87. The molecule has 1 aromatic rings. The van der Waals surface area contributed by atoms with Crippen LogP contribution in [0.25, 0.3) is 0 Å². The third-order valence-corrected chi connectivity index (χ3v) is 3.38. The van der Waals surface area contributed by atoms with E-state index < -0.39 is 9.84 Å². The summed E-state index contributed by atoms with van der Waals surface area (Å²) in [6.45, 7) is 1.87. The van der Waals surface area contributed by atoms with Crippen LogP contribution in [0.2, 0.25) is 0 Å². The highest BCUT2D eigenvalue weighted by molar-refractivity contribution is 7.94. The van der Waals surface area contributed by atoms with Crippen molar-refractivity contribution >= 4 is 9.84 Å². The van der Waals surface area contributed by atoms with Gasteiger partial charge in [-0.2, -0.15) is 0 Å². The van der Waals surface area contributed by atoms with Crippen LogP contribution in [0.4, 0.5) is 0 Å². The van der Waals surface area contributed by atoms with Gasteiger partial charge in [0.1, 0.15) is 5.76 Å². The van der Waals surface area contributed by atoms with Crippen LogP contribution in [0.3, 0.4) is 0 Å². The Balaban J connectivity index is 3.00. The maximum Gasteiger partial charge on any atom is 0.203 e. The van der Waals surface area contributed by atoms with Gasteiger partial charge in [0.25, 0.3) is 0 Å². The molecule has 0 spiro atoms. The summed E-state index contributed by atoms with van der Waals surface area (Å²) >= 11 is 0. The summed E-state index contributed by atoms with van der Waals surface area (Å²) in [7, 11) is -3.49. The summed E-state index contributed by atoms with van der Waals surface area (Å²) in [5, 5.41) is 10.3. The molecule has 0 bridgehead atoms. The van der Waals surface area contributed by atoms with Crippen molar-refractivity contribution in [3.05, 3.63) is 41.5 Å². The van der Waals surface area contributed by atoms with Gasteiger partial charge in [-0.15, -0.1) is 0 Å². The van der Waals surface area contributed by atoms with E-state index in [1.165, 1.54) is 12.1 Å². The van der Waals surface area contributed by atoms with Crippen molar-refractivity contribution in [2.24, 2.45) is 0 Å². The SMILES string of the molecule is CCC/C(O)=C/S(=O)(=O)c1ccccc1. The monoisotopic (exact) mass is 226 g/mol. The Morgan fingerprint density at radius 1 is 1.33 bits per heavy atom. The minimum absolute atomic E-state index is 0.0960. The second kappa shape index (κ2) is 4.98. The predicted molar refractivity (Wildman–Crippen MR) is 59.2 cm³/mol. The first kappa shape index (κ1) is 11.8. The molecule has 82 valence electrons. The van der Waals surface area contributed by atoms with Crippen LogP contribution in [0.1, 0.15) is 19.8 Å². The number of allylic oxidation sites excluding steroid dienone is 1. The maximum atomic E-state index is 11.7. The van der Waals surface area contributed by atoms with Crippen molar-refractivity contribution in [2.45, 2.75) is 24.7 Å². The van der Waals surface area contributed by atoms with E-state index in [2.05, 4.69) is 0 Å². The van der Waals surface area contributed by atoms with Crippen LogP contribution in [-0.2, 0) is 9.84 Å². The molecular weight excluding hydrogens is 212 g/mol. The van der Waals surface area contributed by atoms with Crippen LogP contribution in [-0.4, -0.2) is 13.5 Å². The smallest absolute Gasteiger partial charge is 0.203 e. The number of rotatable bonds is 4. The van der Waals surface area contributed by atoms with E-state index in [0.717, 1.165) is 5.41 Å². The van der Waals surface area contributed by atoms with Crippen molar-refractivity contribution in [3.8, 4) is 0 Å². The first-order valence-electron chi connectivity index (χ1n) is 4.76. The Kier molecular flexibility index (Phi) is 3.91. The van der Waals surface area contributed by atoms with Crippen LogP contribution in [0.5, 0.6) is 0 Å². The third kappa shape index (κ3) is 3.40. The number of sulfone groups is 1. The molecule has 1 N–H and O–H groups in total. The molecule has 0 aliphatic rings. The van der Waals surface area contributed by atoms with Crippen molar-refractivity contribution in [1.29, 1.82) is 0 Å². The number of aliphatic hydroxyl groups excluding tert-OH is 1. The summed E-state index contributed by atoms with van der Waals surface area (Å²) in [6, 6.07) is 8.06. The largest absolute Gasteiger partial charge is 0.512 e. The molecule has 0 heterocycles. The topological polar surface area (TPSA) is 54.4 Å². The molecule has 0 unspecified atom stereocenters. The molecule has 15 heavy (non-hydrogen) atoms. The molecule has 0 aromatic heterocycles. The summed E-state index contributed by atoms with van der Waals surface area (Å²) in [6.07, 6.45) is 1.10. The number of hydrogen-bond acceptors (Lipinski definition) is 3. The predicted octanol–water partition coefficient (Wildman–Crippen LogP) is 2.66. The first-order valence-corrected chi connectivity index (χ1v) is 6.30. The number of hydrogen-bond donors (Lipinski definition) is 1. The quantitative estimate of drug-likeness (QED) is 0.803. The second-order valence-corrected chi connectivity index (χ2v) is 5.01. The lowest BCUT2D eigenvalue weighted by Crippen LogP contribution is -1.98. The molecule has 0 fully saturated rings. The molecule has 1 rings (SSSR count). The van der Waals surface area contributed by atoms with Gasteiger partial charge in [0.15, 0.2) is 0 Å². The molecule has 0 aliphatic heterocycles. The number of aliphatic hydroxyl groups is 1. The molecule has 0 saturated carbocycles. The number of benzene rings is 1. The standard InChI is InChI=1S/C11H14O3S/c1-2-6-10(12)9-15(13,14)11-7-4-3-5-8-11/h3-5,7-9,12H,2,6H2,1H3/b10-9-. The van der Waals surface area contributed by atoms with E-state index in [0.29, 0.717) is 12.8 Å². The maximum absolute atomic E-state index is 11.7. The van der Waals surface area contributed by atoms with Crippen molar-refractivity contribution in [3.63, 3.8) is 0 Å². The van der Waals surface area contributed by atoms with E-state index in [-0.39, 0.29) is 10.7 Å². The zero-order chi connectivity index (χ0) is 11.3. The van der Waals surface area contributed by atoms with Crippen LogP contribution < -0.4 is 0 Å². The van der Waals surface area contributed by atoms with E-state index >= 15 is 0 Å². The van der Waals surface area contributed by atoms with Crippen LogP contribution >= 0.6 is 0 Å². The minimum atomic E-state index is -3.49. The molecule has 0 aliphatic carbocycles. The first-order chi connectivity index (χ1) is 7.06. The van der Waals surface area contributed by atoms with Crippen molar-refractivity contribution in [2.75, 3.05) is 0 Å². The highest BCUT2D eigenvalue weighted by Crippen LogP contribution is 2.14. The molecule has 0 amide bonds. The lowest BCUT2D eigenvalue weighted by atomic mass is 10.3. The fraction of sp³-hybridized carbons (Fsp3) is 0.273. The molecule has 3 nitrogen and oxygen atoms in total.